The highest BCUT2D eigenvalue weighted by Crippen LogP contribution is 2.19. The largest absolute Gasteiger partial charge is 0.345 e. The fraction of sp³-hybridized carbons (Fsp3) is 0.211. The van der Waals surface area contributed by atoms with Crippen molar-refractivity contribution in [3.05, 3.63) is 65.2 Å². The van der Waals surface area contributed by atoms with Crippen LogP contribution in [0.4, 0.5) is 5.69 Å². The summed E-state index contributed by atoms with van der Waals surface area (Å²) in [6, 6.07) is 13.7. The predicted octanol–water partition coefficient (Wildman–Crippen LogP) is 3.34. The van der Waals surface area contributed by atoms with Crippen LogP contribution < -0.4 is 10.6 Å². The van der Waals surface area contributed by atoms with E-state index in [9.17, 15) is 14.4 Å². The molecule has 0 aliphatic heterocycles. The van der Waals surface area contributed by atoms with Crippen LogP contribution in [0, 0.1) is 0 Å². The Labute approximate surface area is 141 Å². The molecule has 1 atom stereocenters. The van der Waals surface area contributed by atoms with Gasteiger partial charge in [0, 0.05) is 18.2 Å². The molecule has 0 fully saturated rings. The zero-order valence-corrected chi connectivity index (χ0v) is 13.9. The summed E-state index contributed by atoms with van der Waals surface area (Å²) < 4.78 is 0. The molecule has 24 heavy (non-hydrogen) atoms. The Morgan fingerprint density at radius 1 is 0.917 bits per heavy atom. The van der Waals surface area contributed by atoms with Gasteiger partial charge in [-0.2, -0.15) is 0 Å². The highest BCUT2D eigenvalue weighted by molar-refractivity contribution is 6.07. The highest BCUT2D eigenvalue weighted by Gasteiger charge is 2.16. The molecule has 2 aromatic rings. The Kier molecular flexibility index (Phi) is 5.47. The lowest BCUT2D eigenvalue weighted by Gasteiger charge is -2.16. The summed E-state index contributed by atoms with van der Waals surface area (Å²) in [5, 5.41) is 5.60. The molecule has 2 N–H and O–H groups in total. The number of amides is 2. The van der Waals surface area contributed by atoms with E-state index in [2.05, 4.69) is 10.6 Å². The molecule has 0 heterocycles. The smallest absolute Gasteiger partial charge is 0.252 e. The van der Waals surface area contributed by atoms with Crippen molar-refractivity contribution in [1.82, 2.24) is 5.32 Å². The van der Waals surface area contributed by atoms with Gasteiger partial charge in [0.05, 0.1) is 11.6 Å². The minimum Gasteiger partial charge on any atom is -0.345 e. The van der Waals surface area contributed by atoms with Gasteiger partial charge in [0.25, 0.3) is 5.91 Å². The van der Waals surface area contributed by atoms with Gasteiger partial charge in [0.1, 0.15) is 0 Å². The van der Waals surface area contributed by atoms with E-state index in [-0.39, 0.29) is 23.6 Å². The molecule has 0 saturated carbocycles. The van der Waals surface area contributed by atoms with Crippen LogP contribution in [-0.2, 0) is 4.79 Å². The molecule has 0 aliphatic rings. The van der Waals surface area contributed by atoms with E-state index in [1.165, 1.54) is 13.8 Å². The molecule has 0 bridgehead atoms. The van der Waals surface area contributed by atoms with Crippen LogP contribution in [0.3, 0.4) is 0 Å². The Balaban J connectivity index is 2.18. The summed E-state index contributed by atoms with van der Waals surface area (Å²) >= 11 is 0. The molecule has 5 nitrogen and oxygen atoms in total. The topological polar surface area (TPSA) is 75.3 Å². The zero-order chi connectivity index (χ0) is 17.7. The number of nitrogens with one attached hydrogen (secondary N) is 2. The quantitative estimate of drug-likeness (QED) is 0.828. The maximum Gasteiger partial charge on any atom is 0.252 e. The second-order valence-corrected chi connectivity index (χ2v) is 5.60. The normalized spacial score (nSPS) is 11.5. The van der Waals surface area contributed by atoms with E-state index in [4.69, 9.17) is 0 Å². The summed E-state index contributed by atoms with van der Waals surface area (Å²) in [5.74, 6) is -0.612. The number of hydrogen-bond donors (Lipinski definition) is 2. The first-order chi connectivity index (χ1) is 11.4. The van der Waals surface area contributed by atoms with E-state index in [0.717, 1.165) is 5.56 Å². The molecule has 2 amide bonds. The molecule has 0 spiro atoms. The maximum absolute atomic E-state index is 12.5. The summed E-state index contributed by atoms with van der Waals surface area (Å²) in [5.41, 5.74) is 2.28. The van der Waals surface area contributed by atoms with E-state index in [1.54, 1.807) is 30.3 Å². The lowest BCUT2D eigenvalue weighted by Crippen LogP contribution is -2.28. The van der Waals surface area contributed by atoms with Crippen molar-refractivity contribution in [3.8, 4) is 0 Å². The van der Waals surface area contributed by atoms with Gasteiger partial charge in [-0.1, -0.05) is 30.3 Å². The van der Waals surface area contributed by atoms with E-state index >= 15 is 0 Å². The zero-order valence-electron chi connectivity index (χ0n) is 13.9. The first-order valence-corrected chi connectivity index (χ1v) is 7.67. The molecular formula is C19H20N2O3. The summed E-state index contributed by atoms with van der Waals surface area (Å²) in [7, 11) is 0. The van der Waals surface area contributed by atoms with Crippen molar-refractivity contribution in [2.24, 2.45) is 0 Å². The Hall–Kier alpha value is -2.95. The van der Waals surface area contributed by atoms with E-state index < -0.39 is 0 Å². The first kappa shape index (κ1) is 17.4. The van der Waals surface area contributed by atoms with Gasteiger partial charge < -0.3 is 10.6 Å². The summed E-state index contributed by atoms with van der Waals surface area (Å²) in [4.78, 5) is 35.3. The van der Waals surface area contributed by atoms with Crippen LogP contribution in [0.25, 0.3) is 0 Å². The van der Waals surface area contributed by atoms with Crippen LogP contribution in [0.5, 0.6) is 0 Å². The number of hydrogen-bond acceptors (Lipinski definition) is 3. The van der Waals surface area contributed by atoms with Gasteiger partial charge in [-0.15, -0.1) is 0 Å². The monoisotopic (exact) mass is 324 g/mol. The second-order valence-electron chi connectivity index (χ2n) is 5.60. The minimum absolute atomic E-state index is 0.152. The van der Waals surface area contributed by atoms with Gasteiger partial charge in [0.2, 0.25) is 5.91 Å². The van der Waals surface area contributed by atoms with Gasteiger partial charge >= 0.3 is 0 Å². The number of anilines is 1. The third-order valence-corrected chi connectivity index (χ3v) is 3.61. The van der Waals surface area contributed by atoms with Crippen molar-refractivity contribution >= 4 is 23.3 Å². The number of benzene rings is 2. The Bertz CT molecular complexity index is 784. The number of carbonyl (C=O) groups is 3. The predicted molar refractivity (Wildman–Crippen MR) is 93.1 cm³/mol. The molecule has 2 rings (SSSR count). The summed E-state index contributed by atoms with van der Waals surface area (Å²) in [6.07, 6.45) is 0. The standard InChI is InChI=1S/C19H20N2O3/c1-12(15-7-6-8-16(11-15)21-14(3)23)20-19(24)18-10-5-4-9-17(18)13(2)22/h4-12H,1-3H3,(H,20,24)(H,21,23)/t12-/m1/s1. The average Bonchev–Trinajstić information content (AvgIpc) is 2.54. The third-order valence-electron chi connectivity index (χ3n) is 3.61. The lowest BCUT2D eigenvalue weighted by atomic mass is 10.0. The maximum atomic E-state index is 12.5. The van der Waals surface area contributed by atoms with Crippen LogP contribution in [0.15, 0.2) is 48.5 Å². The molecule has 0 unspecified atom stereocenters. The molecule has 2 aromatic carbocycles. The molecular weight excluding hydrogens is 304 g/mol. The second kappa shape index (κ2) is 7.55. The van der Waals surface area contributed by atoms with Gasteiger partial charge in [-0.25, -0.2) is 0 Å². The van der Waals surface area contributed by atoms with Crippen LogP contribution in [0.2, 0.25) is 0 Å². The molecule has 5 heteroatoms. The van der Waals surface area contributed by atoms with Crippen LogP contribution in [-0.4, -0.2) is 17.6 Å². The molecule has 0 aromatic heterocycles. The number of carbonyl (C=O) groups excluding carboxylic acids is 3. The number of Topliss-reactive ketones (excluding diaryl/α,β-unsaturated/α-hetero) is 1. The molecule has 0 saturated heterocycles. The van der Waals surface area contributed by atoms with Crippen LogP contribution in [0.1, 0.15) is 53.1 Å². The van der Waals surface area contributed by atoms with Crippen molar-refractivity contribution in [3.63, 3.8) is 0 Å². The third kappa shape index (κ3) is 4.29. The SMILES string of the molecule is CC(=O)Nc1cccc([C@@H](C)NC(=O)c2ccccc2C(C)=O)c1. The van der Waals surface area contributed by atoms with Gasteiger partial charge in [-0.05, 0) is 37.6 Å². The summed E-state index contributed by atoms with van der Waals surface area (Å²) in [6.45, 7) is 4.73. The molecule has 0 radical (unpaired) electrons. The Morgan fingerprint density at radius 2 is 1.58 bits per heavy atom. The average molecular weight is 324 g/mol. The molecule has 124 valence electrons. The van der Waals surface area contributed by atoms with Crippen molar-refractivity contribution < 1.29 is 14.4 Å². The number of ketones is 1. The fourth-order valence-electron chi connectivity index (χ4n) is 2.43. The fourth-order valence-corrected chi connectivity index (χ4v) is 2.43. The highest BCUT2D eigenvalue weighted by atomic mass is 16.2. The van der Waals surface area contributed by atoms with Gasteiger partial charge in [0.15, 0.2) is 5.78 Å². The van der Waals surface area contributed by atoms with E-state index in [1.807, 2.05) is 25.1 Å². The van der Waals surface area contributed by atoms with Crippen molar-refractivity contribution in [2.75, 3.05) is 5.32 Å². The van der Waals surface area contributed by atoms with E-state index in [0.29, 0.717) is 16.8 Å². The van der Waals surface area contributed by atoms with Crippen molar-refractivity contribution in [2.45, 2.75) is 26.8 Å². The minimum atomic E-state index is -0.307. The van der Waals surface area contributed by atoms with Crippen molar-refractivity contribution in [1.29, 1.82) is 0 Å². The first-order valence-electron chi connectivity index (χ1n) is 7.67. The van der Waals surface area contributed by atoms with Gasteiger partial charge in [-0.3, -0.25) is 14.4 Å². The van der Waals surface area contributed by atoms with Crippen LogP contribution >= 0.6 is 0 Å². The Morgan fingerprint density at radius 3 is 2.21 bits per heavy atom. The number of rotatable bonds is 5. The lowest BCUT2D eigenvalue weighted by molar-refractivity contribution is -0.114. The molecule has 0 aliphatic carbocycles.